The highest BCUT2D eigenvalue weighted by molar-refractivity contribution is 6.38. The summed E-state index contributed by atoms with van der Waals surface area (Å²) in [5, 5.41) is 7.01. The van der Waals surface area contributed by atoms with Gasteiger partial charge in [0.1, 0.15) is 5.69 Å². The first kappa shape index (κ1) is 25.5. The van der Waals surface area contributed by atoms with E-state index in [4.69, 9.17) is 44.6 Å². The second-order valence-electron chi connectivity index (χ2n) is 7.26. The minimum Gasteiger partial charge on any atom is -0.319 e. The van der Waals surface area contributed by atoms with Crippen molar-refractivity contribution < 1.29 is 29.0 Å². The standard InChI is InChI=1S/C21H17Cl3N6O6/c1-34-28-19(31)12-8-11(22)9-14(24)17(12)26-20(32)15-10-16(35-36-21(33)29-6-3-7-29)27-30(15)18-13(23)4-2-5-25-18/h2,4-5,8-10H,3,6-7H2,1H3,(H,26,32)(H,28,31). The van der Waals surface area contributed by atoms with E-state index in [1.807, 2.05) is 0 Å². The van der Waals surface area contributed by atoms with Crippen LogP contribution in [0.3, 0.4) is 0 Å². The van der Waals surface area contributed by atoms with Gasteiger partial charge in [-0.3, -0.25) is 19.3 Å². The van der Waals surface area contributed by atoms with Gasteiger partial charge >= 0.3 is 6.09 Å². The van der Waals surface area contributed by atoms with Gasteiger partial charge in [-0.25, -0.2) is 24.8 Å². The van der Waals surface area contributed by atoms with E-state index < -0.39 is 17.9 Å². The molecular weight excluding hydrogens is 539 g/mol. The number of halogens is 3. The zero-order valence-electron chi connectivity index (χ0n) is 18.5. The minimum atomic E-state index is -0.774. The molecular formula is C21H17Cl3N6O6. The zero-order chi connectivity index (χ0) is 25.8. The van der Waals surface area contributed by atoms with Crippen molar-refractivity contribution in [3.8, 4) is 11.7 Å². The lowest BCUT2D eigenvalue weighted by molar-refractivity contribution is -0.161. The average molecular weight is 556 g/mol. The van der Waals surface area contributed by atoms with Crippen molar-refractivity contribution in [3.63, 3.8) is 0 Å². The monoisotopic (exact) mass is 554 g/mol. The van der Waals surface area contributed by atoms with Gasteiger partial charge in [-0.15, -0.1) is 5.10 Å². The van der Waals surface area contributed by atoms with Gasteiger partial charge < -0.3 is 10.2 Å². The van der Waals surface area contributed by atoms with Crippen LogP contribution in [0.1, 0.15) is 27.3 Å². The Bertz CT molecular complexity index is 1330. The normalized spacial score (nSPS) is 12.5. The predicted molar refractivity (Wildman–Crippen MR) is 129 cm³/mol. The number of likely N-dealkylation sites (tertiary alicyclic amines) is 1. The van der Waals surface area contributed by atoms with Crippen molar-refractivity contribution in [1.82, 2.24) is 25.1 Å². The zero-order valence-corrected chi connectivity index (χ0v) is 20.7. The molecule has 1 aliphatic heterocycles. The lowest BCUT2D eigenvalue weighted by Crippen LogP contribution is -2.42. The van der Waals surface area contributed by atoms with Gasteiger partial charge in [0.2, 0.25) is 0 Å². The number of nitrogens with zero attached hydrogens (tertiary/aromatic N) is 4. The van der Waals surface area contributed by atoms with E-state index in [1.165, 1.54) is 36.4 Å². The highest BCUT2D eigenvalue weighted by Crippen LogP contribution is 2.31. The largest absolute Gasteiger partial charge is 0.452 e. The van der Waals surface area contributed by atoms with Crippen LogP contribution < -0.4 is 15.7 Å². The molecule has 1 aromatic carbocycles. The first-order valence-electron chi connectivity index (χ1n) is 10.3. The van der Waals surface area contributed by atoms with E-state index in [1.54, 1.807) is 12.1 Å². The number of carbonyl (C=O) groups is 3. The van der Waals surface area contributed by atoms with Gasteiger partial charge in [0.15, 0.2) is 5.82 Å². The summed E-state index contributed by atoms with van der Waals surface area (Å²) in [6, 6.07) is 6.98. The summed E-state index contributed by atoms with van der Waals surface area (Å²) in [6.07, 6.45) is 1.61. The van der Waals surface area contributed by atoms with E-state index in [9.17, 15) is 14.4 Å². The number of aromatic nitrogens is 3. The van der Waals surface area contributed by atoms with Crippen molar-refractivity contribution in [3.05, 3.63) is 62.9 Å². The molecule has 2 N–H and O–H groups in total. The van der Waals surface area contributed by atoms with Gasteiger partial charge in [-0.1, -0.05) is 34.8 Å². The first-order chi connectivity index (χ1) is 17.3. The molecule has 0 aliphatic carbocycles. The SMILES string of the molecule is CONC(=O)c1cc(Cl)cc(Cl)c1NC(=O)c1cc(OOC(=O)N2CCC2)nn1-c1ncccc1Cl. The molecule has 0 radical (unpaired) electrons. The molecule has 0 saturated carbocycles. The number of hydrogen-bond donors (Lipinski definition) is 2. The van der Waals surface area contributed by atoms with Gasteiger partial charge in [0, 0.05) is 30.4 Å². The Kier molecular flexibility index (Phi) is 7.79. The summed E-state index contributed by atoms with van der Waals surface area (Å²) in [5.41, 5.74) is 1.90. The van der Waals surface area contributed by atoms with Crippen LogP contribution >= 0.6 is 34.8 Å². The molecule has 1 fully saturated rings. The van der Waals surface area contributed by atoms with Crippen molar-refractivity contribution in [2.45, 2.75) is 6.42 Å². The Morgan fingerprint density at radius 1 is 1.06 bits per heavy atom. The first-order valence-corrected chi connectivity index (χ1v) is 11.4. The van der Waals surface area contributed by atoms with Gasteiger partial charge in [-0.05, 0) is 30.7 Å². The van der Waals surface area contributed by atoms with Crippen LogP contribution in [0.15, 0.2) is 36.5 Å². The molecule has 1 saturated heterocycles. The quantitative estimate of drug-likeness (QED) is 0.331. The summed E-state index contributed by atoms with van der Waals surface area (Å²) in [6.45, 7) is 1.10. The third-order valence-corrected chi connectivity index (χ3v) is 5.72. The van der Waals surface area contributed by atoms with Gasteiger partial charge in [-0.2, -0.15) is 0 Å². The third kappa shape index (κ3) is 5.46. The molecule has 0 bridgehead atoms. The van der Waals surface area contributed by atoms with Crippen molar-refractivity contribution >= 4 is 58.4 Å². The molecule has 3 amide bonds. The Labute approximate surface area is 218 Å². The molecule has 12 nitrogen and oxygen atoms in total. The number of hydroxylamine groups is 1. The second kappa shape index (κ2) is 11.0. The van der Waals surface area contributed by atoms with Crippen molar-refractivity contribution in [1.29, 1.82) is 0 Å². The Balaban J connectivity index is 1.67. The van der Waals surface area contributed by atoms with Crippen LogP contribution in [0.25, 0.3) is 5.82 Å². The van der Waals surface area contributed by atoms with Crippen molar-refractivity contribution in [2.75, 3.05) is 25.5 Å². The molecule has 15 heteroatoms. The second-order valence-corrected chi connectivity index (χ2v) is 8.51. The maximum Gasteiger partial charge on any atom is 0.452 e. The molecule has 3 aromatic rings. The number of anilines is 1. The minimum absolute atomic E-state index is 0.0148. The summed E-state index contributed by atoms with van der Waals surface area (Å²) >= 11 is 18.5. The Morgan fingerprint density at radius 2 is 1.83 bits per heavy atom. The summed E-state index contributed by atoms with van der Waals surface area (Å²) in [7, 11) is 1.24. The molecule has 0 unspecified atom stereocenters. The van der Waals surface area contributed by atoms with Crippen LogP contribution in [0.4, 0.5) is 10.5 Å². The number of rotatable bonds is 7. The molecule has 0 spiro atoms. The maximum absolute atomic E-state index is 13.3. The highest BCUT2D eigenvalue weighted by atomic mass is 35.5. The number of pyridine rings is 1. The van der Waals surface area contributed by atoms with Crippen LogP contribution in [-0.4, -0.2) is 57.8 Å². The summed E-state index contributed by atoms with van der Waals surface area (Å²) in [5.74, 6) is -1.62. The predicted octanol–water partition coefficient (Wildman–Crippen LogP) is 3.91. The number of nitrogens with one attached hydrogen (secondary N) is 2. The smallest absolute Gasteiger partial charge is 0.319 e. The molecule has 4 rings (SSSR count). The Morgan fingerprint density at radius 3 is 2.50 bits per heavy atom. The summed E-state index contributed by atoms with van der Waals surface area (Å²) in [4.78, 5) is 57.8. The molecule has 3 heterocycles. The molecule has 36 heavy (non-hydrogen) atoms. The van der Waals surface area contributed by atoms with Gasteiger partial charge in [0.25, 0.3) is 17.7 Å². The molecule has 0 atom stereocenters. The molecule has 188 valence electrons. The Hall–Kier alpha value is -3.58. The van der Waals surface area contributed by atoms with Crippen LogP contribution in [0.5, 0.6) is 5.88 Å². The number of amides is 3. The topological polar surface area (TPSA) is 137 Å². The lowest BCUT2D eigenvalue weighted by Gasteiger charge is -2.28. The van der Waals surface area contributed by atoms with E-state index in [-0.39, 0.29) is 43.7 Å². The average Bonchev–Trinajstić information content (AvgIpc) is 3.22. The van der Waals surface area contributed by atoms with Crippen molar-refractivity contribution in [2.24, 2.45) is 0 Å². The maximum atomic E-state index is 13.3. The van der Waals surface area contributed by atoms with E-state index in [0.29, 0.717) is 13.1 Å². The number of carbonyl (C=O) groups excluding carboxylic acids is 3. The van der Waals surface area contributed by atoms with Gasteiger partial charge in [0.05, 0.1) is 28.4 Å². The fraction of sp³-hybridized carbons (Fsp3) is 0.190. The van der Waals surface area contributed by atoms with E-state index >= 15 is 0 Å². The van der Waals surface area contributed by atoms with E-state index in [0.717, 1.165) is 11.1 Å². The lowest BCUT2D eigenvalue weighted by atomic mass is 10.1. The number of benzene rings is 1. The van der Waals surface area contributed by atoms with E-state index in [2.05, 4.69) is 25.7 Å². The fourth-order valence-corrected chi connectivity index (χ4v) is 3.83. The molecule has 1 aliphatic rings. The number of hydrogen-bond acceptors (Lipinski definition) is 8. The van der Waals surface area contributed by atoms with Crippen LogP contribution in [-0.2, 0) is 9.73 Å². The van der Waals surface area contributed by atoms with Crippen LogP contribution in [0.2, 0.25) is 15.1 Å². The molecule has 2 aromatic heterocycles. The fourth-order valence-electron chi connectivity index (χ4n) is 3.09. The third-order valence-electron chi connectivity index (χ3n) is 4.90. The highest BCUT2D eigenvalue weighted by Gasteiger charge is 2.26. The summed E-state index contributed by atoms with van der Waals surface area (Å²) < 4.78 is 1.09. The van der Waals surface area contributed by atoms with Crippen LogP contribution in [0, 0.1) is 0 Å².